The summed E-state index contributed by atoms with van der Waals surface area (Å²) in [5.41, 5.74) is 0.000285. The molecule has 0 fully saturated rings. The van der Waals surface area contributed by atoms with Gasteiger partial charge in [-0.1, -0.05) is 54.6 Å². The summed E-state index contributed by atoms with van der Waals surface area (Å²) in [5, 5.41) is 11.4. The van der Waals surface area contributed by atoms with Crippen LogP contribution in [0.25, 0.3) is 11.0 Å². The Bertz CT molecular complexity index is 1390. The van der Waals surface area contributed by atoms with Crippen molar-refractivity contribution in [1.29, 1.82) is 0 Å². The van der Waals surface area contributed by atoms with Crippen molar-refractivity contribution in [3.05, 3.63) is 106 Å². The monoisotopic (exact) mass is 412 g/mol. The van der Waals surface area contributed by atoms with E-state index in [1.807, 2.05) is 0 Å². The molecule has 4 aromatic rings. The minimum atomic E-state index is -1.35. The summed E-state index contributed by atoms with van der Waals surface area (Å²) < 4.78 is 10.9. The number of aromatic hydroxyl groups is 1. The third kappa shape index (κ3) is 3.00. The maximum absolute atomic E-state index is 13.4. The summed E-state index contributed by atoms with van der Waals surface area (Å²) in [6.07, 6.45) is 0. The van der Waals surface area contributed by atoms with Crippen LogP contribution in [0, 0.1) is 5.92 Å². The molecule has 2 atom stereocenters. The molecule has 2 heterocycles. The van der Waals surface area contributed by atoms with Crippen LogP contribution in [0.3, 0.4) is 0 Å². The Hall–Kier alpha value is -4.19. The Balaban J connectivity index is 1.78. The molecule has 5 rings (SSSR count). The van der Waals surface area contributed by atoms with Gasteiger partial charge in [-0.25, -0.2) is 4.79 Å². The van der Waals surface area contributed by atoms with E-state index in [1.165, 1.54) is 0 Å². The van der Waals surface area contributed by atoms with Gasteiger partial charge < -0.3 is 14.3 Å². The molecule has 0 saturated heterocycles. The van der Waals surface area contributed by atoms with Gasteiger partial charge in [-0.3, -0.25) is 9.59 Å². The second kappa shape index (κ2) is 7.25. The van der Waals surface area contributed by atoms with Gasteiger partial charge in [0.25, 0.3) is 0 Å². The Morgan fingerprint density at radius 2 is 1.48 bits per heavy atom. The fourth-order valence-corrected chi connectivity index (χ4v) is 4.10. The Kier molecular flexibility index (Phi) is 4.40. The largest absolute Gasteiger partial charge is 0.507 e. The molecule has 1 aromatic heterocycles. The molecule has 0 amide bonds. The zero-order chi connectivity index (χ0) is 21.5. The van der Waals surface area contributed by atoms with Crippen molar-refractivity contribution in [1.82, 2.24) is 0 Å². The Labute approximate surface area is 176 Å². The topological polar surface area (TPSA) is 93.8 Å². The van der Waals surface area contributed by atoms with E-state index >= 15 is 0 Å². The van der Waals surface area contributed by atoms with Gasteiger partial charge in [0.2, 0.25) is 0 Å². The van der Waals surface area contributed by atoms with Crippen molar-refractivity contribution in [2.24, 2.45) is 5.92 Å². The molecular weight excluding hydrogens is 396 g/mol. The lowest BCUT2D eigenvalue weighted by molar-refractivity contribution is -0.138. The minimum Gasteiger partial charge on any atom is -0.507 e. The summed E-state index contributed by atoms with van der Waals surface area (Å²) in [6, 6.07) is 21.6. The maximum Gasteiger partial charge on any atom is 0.343 e. The average molecular weight is 412 g/mol. The highest BCUT2D eigenvalue weighted by Gasteiger charge is 2.45. The van der Waals surface area contributed by atoms with Crippen LogP contribution in [0.4, 0.5) is 0 Å². The highest BCUT2D eigenvalue weighted by atomic mass is 16.5. The van der Waals surface area contributed by atoms with Crippen LogP contribution in [0.15, 0.2) is 88.1 Å². The van der Waals surface area contributed by atoms with Crippen LogP contribution in [0.2, 0.25) is 0 Å². The highest BCUT2D eigenvalue weighted by Crippen LogP contribution is 2.42. The molecule has 2 unspecified atom stereocenters. The maximum atomic E-state index is 13.4. The van der Waals surface area contributed by atoms with E-state index in [1.54, 1.807) is 78.9 Å². The number of hydrogen-bond donors (Lipinski definition) is 1. The molecule has 1 aliphatic rings. The van der Waals surface area contributed by atoms with Crippen LogP contribution in [-0.2, 0) is 4.79 Å². The first-order valence-electron chi connectivity index (χ1n) is 9.71. The molecule has 1 aliphatic heterocycles. The van der Waals surface area contributed by atoms with Gasteiger partial charge in [0.1, 0.15) is 23.0 Å². The van der Waals surface area contributed by atoms with Crippen LogP contribution in [0.1, 0.15) is 27.4 Å². The normalized spacial score (nSPS) is 16.6. The number of fused-ring (bicyclic) bond motifs is 2. The van der Waals surface area contributed by atoms with Gasteiger partial charge in [0, 0.05) is 5.92 Å². The van der Waals surface area contributed by atoms with Crippen molar-refractivity contribution < 1.29 is 23.8 Å². The smallest absolute Gasteiger partial charge is 0.343 e. The summed E-state index contributed by atoms with van der Waals surface area (Å²) in [4.78, 5) is 39.4. The molecule has 31 heavy (non-hydrogen) atoms. The number of para-hydroxylation sites is 2. The molecule has 0 radical (unpaired) electrons. The third-order valence-corrected chi connectivity index (χ3v) is 5.52. The predicted octanol–water partition coefficient (Wildman–Crippen LogP) is 4.05. The van der Waals surface area contributed by atoms with Gasteiger partial charge in [0.15, 0.2) is 5.78 Å². The standard InChI is InChI=1S/C25H16O6/c26-22-15-10-4-6-12-17(15)30-24(28)20(22)19(14-8-2-1-3-9-14)21-23(27)16-11-5-7-13-18(16)31-25(21)29/h1-13,19-20,27H. The van der Waals surface area contributed by atoms with Crippen molar-refractivity contribution in [3.63, 3.8) is 0 Å². The van der Waals surface area contributed by atoms with E-state index in [0.717, 1.165) is 0 Å². The van der Waals surface area contributed by atoms with Gasteiger partial charge in [-0.15, -0.1) is 0 Å². The quantitative estimate of drug-likeness (QED) is 0.236. The van der Waals surface area contributed by atoms with Crippen molar-refractivity contribution >= 4 is 22.7 Å². The van der Waals surface area contributed by atoms with Crippen molar-refractivity contribution in [3.8, 4) is 11.5 Å². The van der Waals surface area contributed by atoms with E-state index in [4.69, 9.17) is 9.15 Å². The number of ketones is 1. The van der Waals surface area contributed by atoms with E-state index in [0.29, 0.717) is 10.9 Å². The first kappa shape index (κ1) is 18.8. The van der Waals surface area contributed by atoms with Crippen LogP contribution in [-0.4, -0.2) is 16.9 Å². The van der Waals surface area contributed by atoms with Gasteiger partial charge in [-0.05, 0) is 29.8 Å². The molecule has 6 nitrogen and oxygen atoms in total. The zero-order valence-electron chi connectivity index (χ0n) is 16.1. The number of carbonyl (C=O) groups excluding carboxylic acids is 2. The summed E-state index contributed by atoms with van der Waals surface area (Å²) in [7, 11) is 0. The van der Waals surface area contributed by atoms with Gasteiger partial charge in [0.05, 0.1) is 16.5 Å². The lowest BCUT2D eigenvalue weighted by Crippen LogP contribution is -2.39. The molecule has 0 aliphatic carbocycles. The summed E-state index contributed by atoms with van der Waals surface area (Å²) in [5.74, 6) is -3.85. The second-order valence-corrected chi connectivity index (χ2v) is 7.30. The number of Topliss-reactive ketones (excluding diaryl/α,β-unsaturated/α-hetero) is 1. The van der Waals surface area contributed by atoms with Crippen molar-refractivity contribution in [2.45, 2.75) is 5.92 Å². The number of hydrogen-bond acceptors (Lipinski definition) is 6. The minimum absolute atomic E-state index is 0.153. The average Bonchev–Trinajstić information content (AvgIpc) is 2.78. The fourth-order valence-electron chi connectivity index (χ4n) is 4.10. The number of rotatable bonds is 3. The van der Waals surface area contributed by atoms with Gasteiger partial charge in [-0.2, -0.15) is 0 Å². The van der Waals surface area contributed by atoms with E-state index in [9.17, 15) is 19.5 Å². The molecule has 3 aromatic carbocycles. The molecular formula is C25H16O6. The molecule has 0 spiro atoms. The first-order valence-corrected chi connectivity index (χ1v) is 9.71. The number of ether oxygens (including phenoxy) is 1. The third-order valence-electron chi connectivity index (χ3n) is 5.52. The second-order valence-electron chi connectivity index (χ2n) is 7.30. The molecule has 152 valence electrons. The lowest BCUT2D eigenvalue weighted by atomic mass is 9.76. The number of esters is 1. The Morgan fingerprint density at radius 1 is 0.806 bits per heavy atom. The molecule has 0 saturated carbocycles. The zero-order valence-corrected chi connectivity index (χ0v) is 16.1. The van der Waals surface area contributed by atoms with Crippen LogP contribution < -0.4 is 10.4 Å². The SMILES string of the molecule is O=C1Oc2ccccc2C(=O)C1C(c1ccccc1)c1c(O)c2ccccc2oc1=O. The number of benzene rings is 3. The van der Waals surface area contributed by atoms with Gasteiger partial charge >= 0.3 is 11.6 Å². The molecule has 6 heteroatoms. The Morgan fingerprint density at radius 3 is 2.29 bits per heavy atom. The lowest BCUT2D eigenvalue weighted by Gasteiger charge is -2.29. The van der Waals surface area contributed by atoms with Crippen LogP contribution >= 0.6 is 0 Å². The fraction of sp³-hybridized carbons (Fsp3) is 0.0800. The van der Waals surface area contributed by atoms with E-state index in [-0.39, 0.29) is 28.2 Å². The highest BCUT2D eigenvalue weighted by molar-refractivity contribution is 6.14. The molecule has 1 N–H and O–H groups in total. The summed E-state index contributed by atoms with van der Waals surface area (Å²) in [6.45, 7) is 0. The first-order chi connectivity index (χ1) is 15.1. The predicted molar refractivity (Wildman–Crippen MR) is 112 cm³/mol. The van der Waals surface area contributed by atoms with Crippen molar-refractivity contribution in [2.75, 3.05) is 0 Å². The van der Waals surface area contributed by atoms with Crippen LogP contribution in [0.5, 0.6) is 11.5 Å². The summed E-state index contributed by atoms with van der Waals surface area (Å²) >= 11 is 0. The molecule has 0 bridgehead atoms. The number of carbonyl (C=O) groups is 2. The van der Waals surface area contributed by atoms with E-state index in [2.05, 4.69) is 0 Å². The van der Waals surface area contributed by atoms with E-state index < -0.39 is 29.2 Å².